The van der Waals surface area contributed by atoms with Gasteiger partial charge in [-0.05, 0) is 30.7 Å². The van der Waals surface area contributed by atoms with Crippen molar-refractivity contribution in [2.24, 2.45) is 5.92 Å². The van der Waals surface area contributed by atoms with Crippen molar-refractivity contribution in [3.63, 3.8) is 0 Å². The Morgan fingerprint density at radius 1 is 1.38 bits per heavy atom. The van der Waals surface area contributed by atoms with Crippen molar-refractivity contribution in [1.29, 1.82) is 0 Å². The summed E-state index contributed by atoms with van der Waals surface area (Å²) in [5.74, 6) is 7.40. The lowest BCUT2D eigenvalue weighted by molar-refractivity contribution is 1.03. The number of hydrogen-bond donors (Lipinski definition) is 0. The Balaban J connectivity index is 2.09. The molecule has 0 unspecified atom stereocenters. The fourth-order valence-electron chi connectivity index (χ4n) is 0.996. The van der Waals surface area contributed by atoms with Crippen LogP contribution < -0.4 is 0 Å². The predicted molar refractivity (Wildman–Crippen MR) is 51.0 cm³/mol. The summed E-state index contributed by atoms with van der Waals surface area (Å²) in [6.07, 6.45) is 7.18. The van der Waals surface area contributed by atoms with Crippen LogP contribution in [0.15, 0.2) is 12.4 Å². The fourth-order valence-corrected chi connectivity index (χ4v) is 0.996. The van der Waals surface area contributed by atoms with Crippen LogP contribution in [0.5, 0.6) is 0 Å². The molecule has 0 radical (unpaired) electrons. The summed E-state index contributed by atoms with van der Waals surface area (Å²) in [6, 6.07) is 0. The van der Waals surface area contributed by atoms with E-state index in [4.69, 9.17) is 0 Å². The third-order valence-corrected chi connectivity index (χ3v) is 2.08. The lowest BCUT2D eigenvalue weighted by Crippen LogP contribution is -1.90. The third-order valence-electron chi connectivity index (χ3n) is 2.08. The summed E-state index contributed by atoms with van der Waals surface area (Å²) in [5, 5.41) is 0. The van der Waals surface area contributed by atoms with E-state index in [0.717, 1.165) is 12.0 Å². The van der Waals surface area contributed by atoms with Crippen molar-refractivity contribution in [3.8, 4) is 11.8 Å². The van der Waals surface area contributed by atoms with Gasteiger partial charge in [-0.15, -0.1) is 0 Å². The van der Waals surface area contributed by atoms with Crippen molar-refractivity contribution in [2.75, 3.05) is 0 Å². The molecule has 0 atom stereocenters. The molecule has 0 spiro atoms. The summed E-state index contributed by atoms with van der Waals surface area (Å²) in [6.45, 7) is 2.09. The van der Waals surface area contributed by atoms with Crippen molar-refractivity contribution < 1.29 is 0 Å². The minimum Gasteiger partial charge on any atom is -0.229 e. The second-order valence-corrected chi connectivity index (χ2v) is 3.31. The average molecular weight is 172 g/mol. The highest BCUT2D eigenvalue weighted by Gasteiger charge is 2.17. The Kier molecular flexibility index (Phi) is 2.27. The zero-order valence-electron chi connectivity index (χ0n) is 7.75. The monoisotopic (exact) mass is 172 g/mol. The number of aryl methyl sites for hydroxylation is 1. The van der Waals surface area contributed by atoms with E-state index in [1.54, 1.807) is 0 Å². The second-order valence-electron chi connectivity index (χ2n) is 3.31. The van der Waals surface area contributed by atoms with Crippen LogP contribution in [0.4, 0.5) is 0 Å². The second kappa shape index (κ2) is 3.57. The van der Waals surface area contributed by atoms with Crippen LogP contribution in [0.25, 0.3) is 0 Å². The summed E-state index contributed by atoms with van der Waals surface area (Å²) in [4.78, 5) is 8.33. The molecule has 0 saturated heterocycles. The van der Waals surface area contributed by atoms with Gasteiger partial charge >= 0.3 is 0 Å². The largest absolute Gasteiger partial charge is 0.229 e. The van der Waals surface area contributed by atoms with Gasteiger partial charge in [0, 0.05) is 18.3 Å². The molecule has 0 N–H and O–H groups in total. The molecule has 0 amide bonds. The molecule has 1 heterocycles. The molecular formula is C11H12N2. The van der Waals surface area contributed by atoms with Crippen LogP contribution in [0, 0.1) is 17.8 Å². The summed E-state index contributed by atoms with van der Waals surface area (Å²) in [7, 11) is 0. The standard InChI is InChI=1S/C11H12N2/c1-2-9-7-12-11(13-8-9)6-5-10-3-4-10/h7-8,10H,2-4H2,1H3. The van der Waals surface area contributed by atoms with Gasteiger partial charge in [0.15, 0.2) is 0 Å². The number of rotatable bonds is 1. The van der Waals surface area contributed by atoms with E-state index in [2.05, 4.69) is 28.7 Å². The van der Waals surface area contributed by atoms with Crippen molar-refractivity contribution >= 4 is 0 Å². The Bertz CT molecular complexity index is 339. The first-order valence-electron chi connectivity index (χ1n) is 4.71. The molecule has 1 fully saturated rings. The average Bonchev–Trinajstić information content (AvgIpc) is 2.99. The maximum Gasteiger partial charge on any atom is 0.204 e. The topological polar surface area (TPSA) is 25.8 Å². The first-order valence-corrected chi connectivity index (χ1v) is 4.71. The lowest BCUT2D eigenvalue weighted by atomic mass is 10.3. The molecule has 0 bridgehead atoms. The highest BCUT2D eigenvalue weighted by Crippen LogP contribution is 2.27. The maximum absolute atomic E-state index is 4.16. The van der Waals surface area contributed by atoms with Crippen LogP contribution in [0.2, 0.25) is 0 Å². The molecule has 2 heteroatoms. The van der Waals surface area contributed by atoms with Gasteiger partial charge < -0.3 is 0 Å². The summed E-state index contributed by atoms with van der Waals surface area (Å²) >= 11 is 0. The van der Waals surface area contributed by atoms with E-state index in [9.17, 15) is 0 Å². The van der Waals surface area contributed by atoms with Crippen molar-refractivity contribution in [2.45, 2.75) is 26.2 Å². The van der Waals surface area contributed by atoms with E-state index in [-0.39, 0.29) is 0 Å². The Labute approximate surface area is 78.4 Å². The highest BCUT2D eigenvalue weighted by molar-refractivity contribution is 5.24. The minimum absolute atomic E-state index is 0.620. The van der Waals surface area contributed by atoms with Crippen LogP contribution in [-0.4, -0.2) is 9.97 Å². The zero-order valence-corrected chi connectivity index (χ0v) is 7.75. The van der Waals surface area contributed by atoms with E-state index in [1.165, 1.54) is 12.8 Å². The smallest absolute Gasteiger partial charge is 0.204 e. The number of nitrogens with zero attached hydrogens (tertiary/aromatic N) is 2. The van der Waals surface area contributed by atoms with Crippen molar-refractivity contribution in [1.82, 2.24) is 9.97 Å². The highest BCUT2D eigenvalue weighted by atomic mass is 14.8. The summed E-state index contributed by atoms with van der Waals surface area (Å²) < 4.78 is 0. The van der Waals surface area contributed by atoms with E-state index in [0.29, 0.717) is 11.7 Å². The molecule has 0 aliphatic heterocycles. The SMILES string of the molecule is CCc1cnc(C#CC2CC2)nc1. The normalized spacial score (nSPS) is 14.8. The van der Waals surface area contributed by atoms with Crippen LogP contribution in [0.1, 0.15) is 31.2 Å². The molecule has 2 rings (SSSR count). The molecule has 1 saturated carbocycles. The Hall–Kier alpha value is -1.36. The maximum atomic E-state index is 4.16. The zero-order chi connectivity index (χ0) is 9.10. The Morgan fingerprint density at radius 2 is 2.08 bits per heavy atom. The molecule has 66 valence electrons. The minimum atomic E-state index is 0.620. The van der Waals surface area contributed by atoms with E-state index in [1.807, 2.05) is 12.4 Å². The molecule has 1 aromatic heterocycles. The van der Waals surface area contributed by atoms with Gasteiger partial charge in [0.2, 0.25) is 5.82 Å². The molecule has 0 aromatic carbocycles. The van der Waals surface area contributed by atoms with Gasteiger partial charge in [-0.1, -0.05) is 12.8 Å². The molecule has 13 heavy (non-hydrogen) atoms. The quantitative estimate of drug-likeness (QED) is 0.604. The van der Waals surface area contributed by atoms with Crippen LogP contribution in [-0.2, 0) is 6.42 Å². The van der Waals surface area contributed by atoms with Crippen molar-refractivity contribution in [3.05, 3.63) is 23.8 Å². The van der Waals surface area contributed by atoms with Gasteiger partial charge in [-0.2, -0.15) is 0 Å². The van der Waals surface area contributed by atoms with E-state index >= 15 is 0 Å². The lowest BCUT2D eigenvalue weighted by Gasteiger charge is -1.92. The third kappa shape index (κ3) is 2.29. The fraction of sp³-hybridized carbons (Fsp3) is 0.455. The number of hydrogen-bond acceptors (Lipinski definition) is 2. The Morgan fingerprint density at radius 3 is 2.62 bits per heavy atom. The van der Waals surface area contributed by atoms with Gasteiger partial charge in [-0.25, -0.2) is 9.97 Å². The predicted octanol–water partition coefficient (Wildman–Crippen LogP) is 1.80. The molecule has 2 nitrogen and oxygen atoms in total. The van der Waals surface area contributed by atoms with E-state index < -0.39 is 0 Å². The first kappa shape index (κ1) is 8.25. The molecule has 1 aliphatic rings. The van der Waals surface area contributed by atoms with Crippen LogP contribution >= 0.6 is 0 Å². The van der Waals surface area contributed by atoms with Gasteiger partial charge in [0.05, 0.1) is 0 Å². The van der Waals surface area contributed by atoms with Gasteiger partial charge in [0.25, 0.3) is 0 Å². The first-order chi connectivity index (χ1) is 6.38. The van der Waals surface area contributed by atoms with Crippen LogP contribution in [0.3, 0.4) is 0 Å². The summed E-state index contributed by atoms with van der Waals surface area (Å²) in [5.41, 5.74) is 1.16. The molecule has 1 aliphatic carbocycles. The van der Waals surface area contributed by atoms with Gasteiger partial charge in [0.1, 0.15) is 0 Å². The van der Waals surface area contributed by atoms with Gasteiger partial charge in [-0.3, -0.25) is 0 Å². The molecule has 1 aromatic rings. The number of aromatic nitrogens is 2. The molecular weight excluding hydrogens is 160 g/mol.